The van der Waals surface area contributed by atoms with Gasteiger partial charge in [-0.1, -0.05) is 19.4 Å². The number of allylic oxidation sites excluding steroid dienone is 1. The van der Waals surface area contributed by atoms with Crippen LogP contribution >= 0.6 is 0 Å². The molecule has 0 amide bonds. The first-order valence-corrected chi connectivity index (χ1v) is 9.43. The lowest BCUT2D eigenvalue weighted by Crippen LogP contribution is -2.52. The zero-order chi connectivity index (χ0) is 17.3. The van der Waals surface area contributed by atoms with Crippen LogP contribution < -0.4 is 0 Å². The van der Waals surface area contributed by atoms with Gasteiger partial charge in [0, 0.05) is 0 Å². The second-order valence-electron chi connectivity index (χ2n) is 9.14. The monoisotopic (exact) mass is 332 g/mol. The van der Waals surface area contributed by atoms with Crippen LogP contribution in [0.4, 0.5) is 0 Å². The summed E-state index contributed by atoms with van der Waals surface area (Å²) in [5.41, 5.74) is 1.07. The lowest BCUT2D eigenvalue weighted by Gasteiger charge is -2.58. The fraction of sp³-hybridized carbons (Fsp3) is 0.800. The molecule has 3 saturated carbocycles. The van der Waals surface area contributed by atoms with Crippen molar-refractivity contribution in [2.45, 2.75) is 64.9 Å². The minimum Gasteiger partial charge on any atom is -0.481 e. The number of aliphatic carboxylic acids is 1. The SMILES string of the molecule is C[C@]12CC[C@H]3[C@@H](CCC4=CC(=O)C(O)C[C@@]43C)[C@@H]1CC[C@@H]2C(=O)O. The number of hydrogen-bond acceptors (Lipinski definition) is 3. The maximum absolute atomic E-state index is 11.9. The summed E-state index contributed by atoms with van der Waals surface area (Å²) in [6, 6.07) is 0. The number of carboxylic acid groups (broad SMARTS) is 1. The number of aliphatic hydroxyl groups is 1. The van der Waals surface area contributed by atoms with Gasteiger partial charge in [-0.2, -0.15) is 0 Å². The van der Waals surface area contributed by atoms with Gasteiger partial charge in [0.1, 0.15) is 6.10 Å². The lowest BCUT2D eigenvalue weighted by atomic mass is 9.46. The number of ketones is 1. The lowest BCUT2D eigenvalue weighted by molar-refractivity contribution is -0.149. The van der Waals surface area contributed by atoms with E-state index in [1.807, 2.05) is 0 Å². The Morgan fingerprint density at radius 3 is 2.62 bits per heavy atom. The maximum atomic E-state index is 11.9. The minimum atomic E-state index is -0.860. The van der Waals surface area contributed by atoms with Crippen LogP contribution in [0, 0.1) is 34.5 Å². The fourth-order valence-corrected chi connectivity index (χ4v) is 7.02. The van der Waals surface area contributed by atoms with Crippen molar-refractivity contribution in [2.75, 3.05) is 0 Å². The van der Waals surface area contributed by atoms with Gasteiger partial charge in [-0.3, -0.25) is 9.59 Å². The number of carboxylic acids is 1. The summed E-state index contributed by atoms with van der Waals surface area (Å²) in [4.78, 5) is 23.6. The first kappa shape index (κ1) is 16.3. The molecule has 0 aliphatic heterocycles. The molecule has 7 atom stereocenters. The van der Waals surface area contributed by atoms with Gasteiger partial charge in [-0.25, -0.2) is 0 Å². The van der Waals surface area contributed by atoms with Gasteiger partial charge in [0.15, 0.2) is 5.78 Å². The number of carbonyl (C=O) groups is 2. The van der Waals surface area contributed by atoms with E-state index in [-0.39, 0.29) is 22.5 Å². The van der Waals surface area contributed by atoms with Crippen molar-refractivity contribution in [1.29, 1.82) is 0 Å². The smallest absolute Gasteiger partial charge is 0.307 e. The highest BCUT2D eigenvalue weighted by Gasteiger charge is 2.60. The Morgan fingerprint density at radius 1 is 1.17 bits per heavy atom. The van der Waals surface area contributed by atoms with Crippen LogP contribution in [0.3, 0.4) is 0 Å². The Labute approximate surface area is 143 Å². The Kier molecular flexibility index (Phi) is 3.51. The van der Waals surface area contributed by atoms with E-state index in [1.165, 1.54) is 5.57 Å². The van der Waals surface area contributed by atoms with Crippen LogP contribution in [0.5, 0.6) is 0 Å². The molecule has 0 saturated heterocycles. The highest BCUT2D eigenvalue weighted by Crippen LogP contribution is 2.66. The van der Waals surface area contributed by atoms with E-state index in [2.05, 4.69) is 13.8 Å². The van der Waals surface area contributed by atoms with Crippen molar-refractivity contribution in [2.24, 2.45) is 34.5 Å². The van der Waals surface area contributed by atoms with Crippen molar-refractivity contribution < 1.29 is 19.8 Å². The second kappa shape index (κ2) is 5.17. The van der Waals surface area contributed by atoms with Gasteiger partial charge in [0.25, 0.3) is 0 Å². The van der Waals surface area contributed by atoms with E-state index < -0.39 is 12.1 Å². The number of aliphatic hydroxyl groups excluding tert-OH is 1. The predicted molar refractivity (Wildman–Crippen MR) is 89.2 cm³/mol. The number of fused-ring (bicyclic) bond motifs is 5. The van der Waals surface area contributed by atoms with Crippen LogP contribution in [-0.2, 0) is 9.59 Å². The molecular weight excluding hydrogens is 304 g/mol. The maximum Gasteiger partial charge on any atom is 0.307 e. The standard InChI is InChI=1S/C20H28O4/c1-19-8-7-14-12(13(19)5-6-15(19)18(23)24)4-3-11-9-16(21)17(22)10-20(11,14)2/h9,12-15,17,22H,3-8,10H2,1-2H3,(H,23,24)/t12-,13-,14-,15+,17?,19-,20-/m0/s1. The van der Waals surface area contributed by atoms with Crippen LogP contribution in [0.1, 0.15) is 58.8 Å². The van der Waals surface area contributed by atoms with Gasteiger partial charge in [-0.05, 0) is 79.6 Å². The molecule has 24 heavy (non-hydrogen) atoms. The predicted octanol–water partition coefficient (Wildman–Crippen LogP) is 3.19. The molecule has 4 heteroatoms. The van der Waals surface area contributed by atoms with Gasteiger partial charge < -0.3 is 10.2 Å². The molecular formula is C20H28O4. The molecule has 3 fully saturated rings. The third kappa shape index (κ3) is 2.01. The number of carbonyl (C=O) groups excluding carboxylic acids is 1. The Balaban J connectivity index is 1.68. The molecule has 4 nitrogen and oxygen atoms in total. The first-order valence-electron chi connectivity index (χ1n) is 9.43. The Hall–Kier alpha value is -1.16. The zero-order valence-electron chi connectivity index (χ0n) is 14.6. The van der Waals surface area contributed by atoms with Crippen molar-refractivity contribution in [1.82, 2.24) is 0 Å². The van der Waals surface area contributed by atoms with E-state index in [0.29, 0.717) is 24.2 Å². The van der Waals surface area contributed by atoms with Crippen molar-refractivity contribution in [3.8, 4) is 0 Å². The van der Waals surface area contributed by atoms with E-state index in [0.717, 1.165) is 38.5 Å². The van der Waals surface area contributed by atoms with Gasteiger partial charge in [0.2, 0.25) is 0 Å². The topological polar surface area (TPSA) is 74.6 Å². The van der Waals surface area contributed by atoms with Crippen molar-refractivity contribution in [3.05, 3.63) is 11.6 Å². The summed E-state index contributed by atoms with van der Waals surface area (Å²) in [5, 5.41) is 19.8. The summed E-state index contributed by atoms with van der Waals surface area (Å²) in [7, 11) is 0. The van der Waals surface area contributed by atoms with E-state index >= 15 is 0 Å². The molecule has 0 spiro atoms. The van der Waals surface area contributed by atoms with Crippen LogP contribution in [0.2, 0.25) is 0 Å². The molecule has 4 rings (SSSR count). The second-order valence-corrected chi connectivity index (χ2v) is 9.14. The molecule has 0 aromatic carbocycles. The fourth-order valence-electron chi connectivity index (χ4n) is 7.02. The van der Waals surface area contributed by atoms with E-state index in [9.17, 15) is 19.8 Å². The number of rotatable bonds is 1. The molecule has 1 unspecified atom stereocenters. The van der Waals surface area contributed by atoms with E-state index in [4.69, 9.17) is 0 Å². The molecule has 2 N–H and O–H groups in total. The highest BCUT2D eigenvalue weighted by atomic mass is 16.4. The van der Waals surface area contributed by atoms with Crippen LogP contribution in [0.15, 0.2) is 11.6 Å². The Bertz CT molecular complexity index is 623. The molecule has 4 aliphatic carbocycles. The highest BCUT2D eigenvalue weighted by molar-refractivity contribution is 5.95. The van der Waals surface area contributed by atoms with Crippen molar-refractivity contribution in [3.63, 3.8) is 0 Å². The molecule has 4 aliphatic rings. The summed E-state index contributed by atoms with van der Waals surface area (Å²) in [6.45, 7) is 4.43. The summed E-state index contributed by atoms with van der Waals surface area (Å²) < 4.78 is 0. The number of hydrogen-bond donors (Lipinski definition) is 2. The minimum absolute atomic E-state index is 0.0757. The summed E-state index contributed by atoms with van der Waals surface area (Å²) >= 11 is 0. The average molecular weight is 332 g/mol. The summed E-state index contributed by atoms with van der Waals surface area (Å²) in [5.74, 6) is 0.534. The van der Waals surface area contributed by atoms with Crippen LogP contribution in [0.25, 0.3) is 0 Å². The average Bonchev–Trinajstić information content (AvgIpc) is 2.86. The molecule has 0 radical (unpaired) electrons. The van der Waals surface area contributed by atoms with Crippen molar-refractivity contribution >= 4 is 11.8 Å². The van der Waals surface area contributed by atoms with Gasteiger partial charge in [0.05, 0.1) is 5.92 Å². The Morgan fingerprint density at radius 2 is 1.92 bits per heavy atom. The van der Waals surface area contributed by atoms with Gasteiger partial charge in [-0.15, -0.1) is 0 Å². The third-order valence-corrected chi connectivity index (χ3v) is 8.30. The summed E-state index contributed by atoms with van der Waals surface area (Å²) in [6.07, 6.45) is 7.21. The van der Waals surface area contributed by atoms with Gasteiger partial charge >= 0.3 is 5.97 Å². The normalized spacial score (nSPS) is 50.5. The van der Waals surface area contributed by atoms with Crippen LogP contribution in [-0.4, -0.2) is 28.1 Å². The molecule has 132 valence electrons. The molecule has 0 aromatic heterocycles. The third-order valence-electron chi connectivity index (χ3n) is 8.30. The largest absolute Gasteiger partial charge is 0.481 e. The zero-order valence-corrected chi connectivity index (χ0v) is 14.6. The molecule has 0 aromatic rings. The van der Waals surface area contributed by atoms with E-state index in [1.54, 1.807) is 6.08 Å². The first-order chi connectivity index (χ1) is 11.3. The molecule has 0 bridgehead atoms. The quantitative estimate of drug-likeness (QED) is 0.773. The molecule has 0 heterocycles.